The van der Waals surface area contributed by atoms with Gasteiger partial charge in [0.1, 0.15) is 11.4 Å². The Balaban J connectivity index is 2.48. The monoisotopic (exact) mass is 281 g/mol. The lowest BCUT2D eigenvalue weighted by molar-refractivity contribution is 0.0528. The number of hydrogen-bond acceptors (Lipinski definition) is 2. The van der Waals surface area contributed by atoms with Crippen LogP contribution in [-0.4, -0.2) is 18.2 Å². The molecule has 0 aliphatic rings. The third-order valence-corrected chi connectivity index (χ3v) is 2.81. The first kappa shape index (κ1) is 16.5. The quantitative estimate of drug-likeness (QED) is 0.905. The predicted octanol–water partition coefficient (Wildman–Crippen LogP) is 4.02. The van der Waals surface area contributed by atoms with E-state index in [1.807, 2.05) is 19.9 Å². The van der Waals surface area contributed by atoms with Crippen LogP contribution in [0.5, 0.6) is 0 Å². The summed E-state index contributed by atoms with van der Waals surface area (Å²) in [4.78, 5) is 11.5. The number of carbonyl (C=O) groups is 1. The first-order chi connectivity index (χ1) is 9.19. The molecule has 0 spiro atoms. The summed E-state index contributed by atoms with van der Waals surface area (Å²) in [6.45, 7) is 9.81. The van der Waals surface area contributed by atoms with Crippen molar-refractivity contribution < 1.29 is 13.9 Å². The molecule has 4 heteroatoms. The molecule has 1 rings (SSSR count). The van der Waals surface area contributed by atoms with E-state index in [4.69, 9.17) is 4.74 Å². The van der Waals surface area contributed by atoms with Gasteiger partial charge in [-0.2, -0.15) is 0 Å². The van der Waals surface area contributed by atoms with E-state index in [0.717, 1.165) is 5.56 Å². The van der Waals surface area contributed by atoms with E-state index in [-0.39, 0.29) is 5.82 Å². The van der Waals surface area contributed by atoms with Gasteiger partial charge in [0.25, 0.3) is 0 Å². The van der Waals surface area contributed by atoms with Crippen molar-refractivity contribution in [1.82, 2.24) is 5.32 Å². The van der Waals surface area contributed by atoms with Crippen molar-refractivity contribution in [3.05, 3.63) is 35.1 Å². The summed E-state index contributed by atoms with van der Waals surface area (Å²) in [6.07, 6.45) is -0.0274. The molecule has 0 bridgehead atoms. The molecule has 1 N–H and O–H groups in total. The lowest BCUT2D eigenvalue weighted by Gasteiger charge is -2.19. The number of nitrogens with one attached hydrogen (secondary N) is 1. The number of hydrogen-bond donors (Lipinski definition) is 1. The maximum Gasteiger partial charge on any atom is 0.407 e. The topological polar surface area (TPSA) is 38.3 Å². The molecule has 3 nitrogen and oxygen atoms in total. The summed E-state index contributed by atoms with van der Waals surface area (Å²) in [7, 11) is 0. The third kappa shape index (κ3) is 5.59. The Morgan fingerprint density at radius 3 is 2.50 bits per heavy atom. The summed E-state index contributed by atoms with van der Waals surface area (Å²) in [5.74, 6) is 0.0839. The van der Waals surface area contributed by atoms with Crippen molar-refractivity contribution in [1.29, 1.82) is 0 Å². The van der Waals surface area contributed by atoms with Crippen LogP contribution >= 0.6 is 0 Å². The summed E-state index contributed by atoms with van der Waals surface area (Å²) in [6, 6.07) is 5.27. The molecule has 0 saturated heterocycles. The minimum absolute atomic E-state index is 0.220. The van der Waals surface area contributed by atoms with Crippen molar-refractivity contribution in [3.63, 3.8) is 0 Å². The van der Waals surface area contributed by atoms with E-state index in [9.17, 15) is 9.18 Å². The van der Waals surface area contributed by atoms with E-state index in [0.29, 0.717) is 24.4 Å². The summed E-state index contributed by atoms with van der Waals surface area (Å²) in [5, 5.41) is 2.62. The smallest absolute Gasteiger partial charge is 0.407 e. The molecule has 1 amide bonds. The lowest BCUT2D eigenvalue weighted by atomic mass is 10.0. The fourth-order valence-corrected chi connectivity index (χ4v) is 1.74. The Hall–Kier alpha value is -1.58. The number of halogens is 1. The molecule has 1 aromatic rings. The largest absolute Gasteiger partial charge is 0.444 e. The van der Waals surface area contributed by atoms with Crippen LogP contribution in [0, 0.1) is 5.82 Å². The van der Waals surface area contributed by atoms with Gasteiger partial charge in [0.15, 0.2) is 0 Å². The number of carbonyl (C=O) groups excluding carboxylic acids is 1. The molecule has 20 heavy (non-hydrogen) atoms. The number of alkyl carbamates (subject to hydrolysis) is 1. The van der Waals surface area contributed by atoms with Gasteiger partial charge >= 0.3 is 6.09 Å². The molecule has 0 saturated carbocycles. The number of rotatable bonds is 4. The zero-order valence-corrected chi connectivity index (χ0v) is 12.9. The Morgan fingerprint density at radius 1 is 1.35 bits per heavy atom. The van der Waals surface area contributed by atoms with E-state index in [2.05, 4.69) is 5.32 Å². The van der Waals surface area contributed by atoms with Gasteiger partial charge in [-0.25, -0.2) is 9.18 Å². The maximum absolute atomic E-state index is 13.9. The first-order valence-electron chi connectivity index (χ1n) is 6.94. The van der Waals surface area contributed by atoms with Gasteiger partial charge in [0.2, 0.25) is 0 Å². The van der Waals surface area contributed by atoms with Crippen LogP contribution in [0.3, 0.4) is 0 Å². The molecule has 0 aliphatic heterocycles. The second-order valence-electron chi connectivity index (χ2n) is 6.18. The average Bonchev–Trinajstić information content (AvgIpc) is 2.28. The molecule has 0 fully saturated rings. The van der Waals surface area contributed by atoms with Gasteiger partial charge in [0, 0.05) is 6.54 Å². The van der Waals surface area contributed by atoms with Gasteiger partial charge in [-0.3, -0.25) is 0 Å². The summed E-state index contributed by atoms with van der Waals surface area (Å²) < 4.78 is 19.0. The Kier molecular flexibility index (Phi) is 5.54. The molecule has 112 valence electrons. The average molecular weight is 281 g/mol. The highest BCUT2D eigenvalue weighted by Crippen LogP contribution is 2.18. The minimum Gasteiger partial charge on any atom is -0.444 e. The second kappa shape index (κ2) is 6.73. The maximum atomic E-state index is 13.9. The Labute approximate surface area is 120 Å². The molecule has 0 aromatic heterocycles. The van der Waals surface area contributed by atoms with Crippen LogP contribution in [0.4, 0.5) is 9.18 Å². The van der Waals surface area contributed by atoms with Crippen LogP contribution in [0.1, 0.15) is 51.7 Å². The van der Waals surface area contributed by atoms with Crippen LogP contribution in [0.2, 0.25) is 0 Å². The number of amides is 1. The van der Waals surface area contributed by atoms with Crippen LogP contribution < -0.4 is 5.32 Å². The first-order valence-corrected chi connectivity index (χ1v) is 6.94. The van der Waals surface area contributed by atoms with Gasteiger partial charge in [0.05, 0.1) is 0 Å². The van der Waals surface area contributed by atoms with Crippen LogP contribution in [0.15, 0.2) is 18.2 Å². The van der Waals surface area contributed by atoms with E-state index in [1.165, 1.54) is 0 Å². The summed E-state index contributed by atoms with van der Waals surface area (Å²) in [5.41, 5.74) is 1.06. The fraction of sp³-hybridized carbons (Fsp3) is 0.562. The molecule has 0 aliphatic carbocycles. The Bertz CT molecular complexity index is 464. The van der Waals surface area contributed by atoms with Crippen molar-refractivity contribution in [2.45, 2.75) is 52.6 Å². The van der Waals surface area contributed by atoms with E-state index >= 15 is 0 Å². The molecule has 0 atom stereocenters. The fourth-order valence-electron chi connectivity index (χ4n) is 1.74. The van der Waals surface area contributed by atoms with E-state index in [1.54, 1.807) is 32.9 Å². The molecular formula is C16H24FNO2. The number of benzene rings is 1. The lowest BCUT2D eigenvalue weighted by Crippen LogP contribution is -2.33. The molecule has 1 aromatic carbocycles. The Morgan fingerprint density at radius 2 is 2.00 bits per heavy atom. The molecule has 0 unspecified atom stereocenters. The highest BCUT2D eigenvalue weighted by molar-refractivity contribution is 5.67. The van der Waals surface area contributed by atoms with Crippen molar-refractivity contribution in [2.75, 3.05) is 6.54 Å². The molecule has 0 heterocycles. The van der Waals surface area contributed by atoms with Crippen LogP contribution in [-0.2, 0) is 11.2 Å². The van der Waals surface area contributed by atoms with E-state index < -0.39 is 11.7 Å². The standard InChI is InChI=1S/C16H24FNO2/c1-11(2)13-7-6-12(14(17)10-13)8-9-18-15(19)20-16(3,4)5/h6-7,10-11H,8-9H2,1-5H3,(H,18,19). The van der Waals surface area contributed by atoms with Crippen molar-refractivity contribution >= 4 is 6.09 Å². The normalized spacial score (nSPS) is 11.6. The van der Waals surface area contributed by atoms with Crippen molar-refractivity contribution in [3.8, 4) is 0 Å². The second-order valence-corrected chi connectivity index (χ2v) is 6.18. The minimum atomic E-state index is -0.520. The van der Waals surface area contributed by atoms with Gasteiger partial charge < -0.3 is 10.1 Å². The predicted molar refractivity (Wildman–Crippen MR) is 78.4 cm³/mol. The summed E-state index contributed by atoms with van der Waals surface area (Å²) >= 11 is 0. The molecule has 0 radical (unpaired) electrons. The zero-order valence-electron chi connectivity index (χ0n) is 12.9. The number of ether oxygens (including phenoxy) is 1. The SMILES string of the molecule is CC(C)c1ccc(CCNC(=O)OC(C)(C)C)c(F)c1. The van der Waals surface area contributed by atoms with Crippen molar-refractivity contribution in [2.24, 2.45) is 0 Å². The highest BCUT2D eigenvalue weighted by atomic mass is 19.1. The van der Waals surface area contributed by atoms with Gasteiger partial charge in [-0.15, -0.1) is 0 Å². The van der Waals surface area contributed by atoms with Gasteiger partial charge in [-0.05, 0) is 50.3 Å². The molecular weight excluding hydrogens is 257 g/mol. The highest BCUT2D eigenvalue weighted by Gasteiger charge is 2.15. The zero-order chi connectivity index (χ0) is 15.3. The third-order valence-electron chi connectivity index (χ3n) is 2.81. The van der Waals surface area contributed by atoms with Gasteiger partial charge in [-0.1, -0.05) is 26.0 Å². The van der Waals surface area contributed by atoms with Crippen LogP contribution in [0.25, 0.3) is 0 Å².